The van der Waals surface area contributed by atoms with E-state index < -0.39 is 0 Å². The van der Waals surface area contributed by atoms with Crippen molar-refractivity contribution < 1.29 is 0 Å². The van der Waals surface area contributed by atoms with Gasteiger partial charge in [0, 0.05) is 10.9 Å². The van der Waals surface area contributed by atoms with Gasteiger partial charge in [-0.05, 0) is 30.4 Å². The second kappa shape index (κ2) is 3.69. The third kappa shape index (κ3) is 2.17. The molecular weight excluding hydrogens is 154 g/mol. The summed E-state index contributed by atoms with van der Waals surface area (Å²) in [6.45, 7) is 5.74. The van der Waals surface area contributed by atoms with Crippen molar-refractivity contribution in [1.29, 1.82) is 0 Å². The minimum atomic E-state index is 0.145. The van der Waals surface area contributed by atoms with Gasteiger partial charge in [-0.2, -0.15) is 0 Å². The van der Waals surface area contributed by atoms with Crippen LogP contribution in [0.2, 0.25) is 0 Å². The Hall–Kier alpha value is -0.600. The van der Waals surface area contributed by atoms with Gasteiger partial charge in [-0.15, -0.1) is 17.9 Å². The molecule has 0 saturated heterocycles. The Balaban J connectivity index is 2.67. The summed E-state index contributed by atoms with van der Waals surface area (Å²) in [5.41, 5.74) is 7.15. The van der Waals surface area contributed by atoms with Gasteiger partial charge < -0.3 is 5.73 Å². The summed E-state index contributed by atoms with van der Waals surface area (Å²) in [6, 6.07) is 2.28. The van der Waals surface area contributed by atoms with Crippen molar-refractivity contribution in [2.24, 2.45) is 5.73 Å². The molecule has 2 N–H and O–H groups in total. The molecule has 1 nitrogen and oxygen atoms in total. The molecule has 0 unspecified atom stereocenters. The van der Waals surface area contributed by atoms with E-state index in [1.807, 2.05) is 6.08 Å². The first-order valence-electron chi connectivity index (χ1n) is 3.65. The zero-order valence-electron chi connectivity index (χ0n) is 6.71. The molecule has 11 heavy (non-hydrogen) atoms. The summed E-state index contributed by atoms with van der Waals surface area (Å²) in [6.07, 6.45) is 2.72. The van der Waals surface area contributed by atoms with Crippen LogP contribution in [0.15, 0.2) is 24.1 Å². The maximum Gasteiger partial charge on any atom is 0.0424 e. The third-order valence-corrected chi connectivity index (χ3v) is 2.72. The van der Waals surface area contributed by atoms with Crippen molar-refractivity contribution >= 4 is 11.3 Å². The molecule has 1 rings (SSSR count). The van der Waals surface area contributed by atoms with Gasteiger partial charge in [-0.25, -0.2) is 0 Å². The molecule has 60 valence electrons. The fourth-order valence-electron chi connectivity index (χ4n) is 0.944. The summed E-state index contributed by atoms with van der Waals surface area (Å²) in [5.74, 6) is 0. The molecule has 1 aromatic heterocycles. The van der Waals surface area contributed by atoms with Gasteiger partial charge in [0.25, 0.3) is 0 Å². The first-order chi connectivity index (χ1) is 5.24. The fourth-order valence-corrected chi connectivity index (χ4v) is 1.86. The molecule has 0 saturated carbocycles. The van der Waals surface area contributed by atoms with E-state index >= 15 is 0 Å². The van der Waals surface area contributed by atoms with E-state index in [9.17, 15) is 0 Å². The predicted molar refractivity (Wildman–Crippen MR) is 50.8 cm³/mol. The molecule has 0 aliphatic heterocycles. The molecule has 1 atom stereocenters. The zero-order chi connectivity index (χ0) is 8.27. The lowest BCUT2D eigenvalue weighted by Crippen LogP contribution is -2.06. The van der Waals surface area contributed by atoms with Crippen LogP contribution in [0.3, 0.4) is 0 Å². The van der Waals surface area contributed by atoms with Crippen LogP contribution in [0.1, 0.15) is 22.9 Å². The van der Waals surface area contributed by atoms with E-state index in [1.165, 1.54) is 10.4 Å². The summed E-state index contributed by atoms with van der Waals surface area (Å²) in [5, 5.41) is 2.12. The molecule has 0 aliphatic carbocycles. The highest BCUT2D eigenvalue weighted by Crippen LogP contribution is 2.22. The van der Waals surface area contributed by atoms with E-state index in [2.05, 4.69) is 24.9 Å². The molecule has 0 fully saturated rings. The highest BCUT2D eigenvalue weighted by molar-refractivity contribution is 7.10. The first-order valence-corrected chi connectivity index (χ1v) is 4.53. The van der Waals surface area contributed by atoms with Crippen LogP contribution >= 0.6 is 11.3 Å². The summed E-state index contributed by atoms with van der Waals surface area (Å²) < 4.78 is 0. The number of rotatable bonds is 3. The minimum Gasteiger partial charge on any atom is -0.323 e. The SMILES string of the molecule is C=CC[C@@H](N)c1cc(C)cs1. The van der Waals surface area contributed by atoms with Gasteiger partial charge >= 0.3 is 0 Å². The van der Waals surface area contributed by atoms with Crippen molar-refractivity contribution in [3.8, 4) is 0 Å². The lowest BCUT2D eigenvalue weighted by atomic mass is 10.2. The number of nitrogens with two attached hydrogens (primary N) is 1. The van der Waals surface area contributed by atoms with Crippen LogP contribution in [-0.2, 0) is 0 Å². The second-order valence-electron chi connectivity index (χ2n) is 2.66. The molecule has 0 aliphatic rings. The van der Waals surface area contributed by atoms with E-state index in [4.69, 9.17) is 5.73 Å². The maximum absolute atomic E-state index is 5.86. The van der Waals surface area contributed by atoms with Crippen LogP contribution in [-0.4, -0.2) is 0 Å². The quantitative estimate of drug-likeness (QED) is 0.688. The number of thiophene rings is 1. The highest BCUT2D eigenvalue weighted by atomic mass is 32.1. The number of hydrogen-bond acceptors (Lipinski definition) is 2. The summed E-state index contributed by atoms with van der Waals surface area (Å²) in [4.78, 5) is 1.25. The highest BCUT2D eigenvalue weighted by Gasteiger charge is 2.04. The van der Waals surface area contributed by atoms with Gasteiger partial charge in [0.05, 0.1) is 0 Å². The Morgan fingerprint density at radius 3 is 3.00 bits per heavy atom. The average molecular weight is 167 g/mol. The molecule has 1 aromatic rings. The fraction of sp³-hybridized carbons (Fsp3) is 0.333. The van der Waals surface area contributed by atoms with Crippen LogP contribution in [0, 0.1) is 6.92 Å². The topological polar surface area (TPSA) is 26.0 Å². The van der Waals surface area contributed by atoms with Gasteiger partial charge in [-0.3, -0.25) is 0 Å². The van der Waals surface area contributed by atoms with Gasteiger partial charge in [0.15, 0.2) is 0 Å². The molecule has 0 radical (unpaired) electrons. The second-order valence-corrected chi connectivity index (χ2v) is 3.60. The van der Waals surface area contributed by atoms with Gasteiger partial charge in [0.1, 0.15) is 0 Å². The van der Waals surface area contributed by atoms with E-state index in [0.29, 0.717) is 0 Å². The number of hydrogen-bond donors (Lipinski definition) is 1. The predicted octanol–water partition coefficient (Wildman–Crippen LogP) is 2.63. The molecular formula is C9H13NS. The van der Waals surface area contributed by atoms with E-state index in [1.54, 1.807) is 11.3 Å². The van der Waals surface area contributed by atoms with Crippen LogP contribution in [0.5, 0.6) is 0 Å². The summed E-state index contributed by atoms with van der Waals surface area (Å²) in [7, 11) is 0. The molecule has 0 bridgehead atoms. The largest absolute Gasteiger partial charge is 0.323 e. The third-order valence-electron chi connectivity index (χ3n) is 1.54. The van der Waals surface area contributed by atoms with Gasteiger partial charge in [-0.1, -0.05) is 6.08 Å². The summed E-state index contributed by atoms with van der Waals surface area (Å²) >= 11 is 1.72. The monoisotopic (exact) mass is 167 g/mol. The Kier molecular flexibility index (Phi) is 2.85. The molecule has 0 spiro atoms. The smallest absolute Gasteiger partial charge is 0.0424 e. The molecule has 0 amide bonds. The zero-order valence-corrected chi connectivity index (χ0v) is 7.53. The average Bonchev–Trinajstić information content (AvgIpc) is 2.36. The molecule has 0 aromatic carbocycles. The maximum atomic E-state index is 5.86. The van der Waals surface area contributed by atoms with Gasteiger partial charge in [0.2, 0.25) is 0 Å². The van der Waals surface area contributed by atoms with Crippen molar-refractivity contribution in [2.45, 2.75) is 19.4 Å². The van der Waals surface area contributed by atoms with Crippen molar-refractivity contribution in [3.63, 3.8) is 0 Å². The molecule has 1 heterocycles. The Morgan fingerprint density at radius 1 is 1.82 bits per heavy atom. The lowest BCUT2D eigenvalue weighted by molar-refractivity contribution is 0.757. The van der Waals surface area contributed by atoms with Crippen LogP contribution in [0.4, 0.5) is 0 Å². The van der Waals surface area contributed by atoms with Crippen LogP contribution in [0.25, 0.3) is 0 Å². The van der Waals surface area contributed by atoms with Crippen molar-refractivity contribution in [3.05, 3.63) is 34.5 Å². The van der Waals surface area contributed by atoms with Crippen molar-refractivity contribution in [1.82, 2.24) is 0 Å². The Labute approximate surface area is 71.5 Å². The normalized spacial score (nSPS) is 12.9. The minimum absolute atomic E-state index is 0.145. The van der Waals surface area contributed by atoms with Crippen molar-refractivity contribution in [2.75, 3.05) is 0 Å². The Morgan fingerprint density at radius 2 is 2.55 bits per heavy atom. The Bertz CT molecular complexity index is 239. The van der Waals surface area contributed by atoms with E-state index in [0.717, 1.165) is 6.42 Å². The van der Waals surface area contributed by atoms with E-state index in [-0.39, 0.29) is 6.04 Å². The standard InChI is InChI=1S/C9H13NS/c1-3-4-8(10)9-5-7(2)6-11-9/h3,5-6,8H,1,4,10H2,2H3/t8-/m1/s1. The first kappa shape index (κ1) is 8.50. The lowest BCUT2D eigenvalue weighted by Gasteiger charge is -2.03. The number of aryl methyl sites for hydroxylation is 1. The van der Waals surface area contributed by atoms with Crippen LogP contribution < -0.4 is 5.73 Å². The molecule has 2 heteroatoms.